The van der Waals surface area contributed by atoms with Gasteiger partial charge in [-0.2, -0.15) is 9.49 Å². The lowest BCUT2D eigenvalue weighted by atomic mass is 10.0. The van der Waals surface area contributed by atoms with Crippen LogP contribution in [0, 0.1) is 6.57 Å². The Bertz CT molecular complexity index is 2120. The van der Waals surface area contributed by atoms with Crippen LogP contribution in [0.2, 0.25) is 0 Å². The van der Waals surface area contributed by atoms with Crippen LogP contribution in [-0.2, 0) is 27.6 Å². The number of phosphoric acid groups is 1. The third-order valence-electron chi connectivity index (χ3n) is 8.43. The lowest BCUT2D eigenvalue weighted by molar-refractivity contribution is -0.0447. The molecule has 4 N–H and O–H groups in total. The Balaban J connectivity index is 1.04. The number of amides is 1. The SMILES string of the molecule is [C-]#[N+]CCOP(=O)(OC[C@H]1O[C@@H](C2N=Nc3c2nc[nH]c3=O)[C@H](F)[C@@H]1O)O[C@H]1C[C@H](c2snc3c(NC(=O)c4ccccc4)ncnc23)O[C@@H]1CO. The van der Waals surface area contributed by atoms with E-state index in [0.717, 1.165) is 17.9 Å². The van der Waals surface area contributed by atoms with Crippen LogP contribution in [0.1, 0.15) is 39.5 Å². The predicted octanol–water partition coefficient (Wildman–Crippen LogP) is 2.99. The maximum absolute atomic E-state index is 15.3. The molecule has 0 radical (unpaired) electrons. The number of anilines is 1. The Morgan fingerprint density at radius 3 is 2.79 bits per heavy atom. The summed E-state index contributed by atoms with van der Waals surface area (Å²) in [5.41, 5.74) is 0.494. The van der Waals surface area contributed by atoms with E-state index in [1.54, 1.807) is 30.3 Å². The number of aromatic nitrogens is 5. The zero-order valence-electron chi connectivity index (χ0n) is 26.7. The first-order chi connectivity index (χ1) is 25.2. The minimum absolute atomic E-state index is 0.0210. The van der Waals surface area contributed by atoms with Crippen LogP contribution in [0.5, 0.6) is 0 Å². The van der Waals surface area contributed by atoms with Gasteiger partial charge in [-0.1, -0.05) is 18.2 Å². The van der Waals surface area contributed by atoms with Crippen LogP contribution in [0.3, 0.4) is 0 Å². The number of azo groups is 1. The Hall–Kier alpha value is -4.49. The average Bonchev–Trinajstić information content (AvgIpc) is 3.94. The van der Waals surface area contributed by atoms with Gasteiger partial charge in [0.1, 0.15) is 66.2 Å². The number of ether oxygens (including phenoxy) is 2. The Kier molecular flexibility index (Phi) is 10.5. The zero-order valence-corrected chi connectivity index (χ0v) is 28.4. The zero-order chi connectivity index (χ0) is 36.4. The van der Waals surface area contributed by atoms with Crippen molar-refractivity contribution >= 4 is 47.8 Å². The van der Waals surface area contributed by atoms with E-state index >= 15 is 4.39 Å². The summed E-state index contributed by atoms with van der Waals surface area (Å²) in [6.45, 7) is 5.26. The second-order valence-corrected chi connectivity index (χ2v) is 14.1. The van der Waals surface area contributed by atoms with Gasteiger partial charge in [0.15, 0.2) is 17.7 Å². The van der Waals surface area contributed by atoms with Gasteiger partial charge in [-0.25, -0.2) is 30.5 Å². The Morgan fingerprint density at radius 1 is 1.17 bits per heavy atom. The summed E-state index contributed by atoms with van der Waals surface area (Å²) in [5, 5.41) is 31.3. The van der Waals surface area contributed by atoms with Crippen LogP contribution in [-0.4, -0.2) is 103 Å². The van der Waals surface area contributed by atoms with Crippen molar-refractivity contribution < 1.29 is 47.0 Å². The van der Waals surface area contributed by atoms with Crippen molar-refractivity contribution in [3.8, 4) is 0 Å². The molecule has 3 aromatic heterocycles. The second kappa shape index (κ2) is 15.2. The number of hydrogen-bond acceptors (Lipinski definition) is 17. The molecule has 2 unspecified atom stereocenters. The third kappa shape index (κ3) is 7.12. The molecular weight excluding hydrogens is 728 g/mol. The molecule has 0 spiro atoms. The van der Waals surface area contributed by atoms with Gasteiger partial charge in [0.2, 0.25) is 6.54 Å². The summed E-state index contributed by atoms with van der Waals surface area (Å²) in [6, 6.07) is 7.41. The van der Waals surface area contributed by atoms with E-state index in [-0.39, 0.29) is 36.8 Å². The highest BCUT2D eigenvalue weighted by Gasteiger charge is 2.52. The number of nitrogens with zero attached hydrogens (tertiary/aromatic N) is 7. The van der Waals surface area contributed by atoms with Gasteiger partial charge in [0.05, 0.1) is 30.5 Å². The van der Waals surface area contributed by atoms with E-state index in [0.29, 0.717) is 21.5 Å². The molecule has 22 heteroatoms. The number of nitrogens with one attached hydrogen (secondary N) is 2. The summed E-state index contributed by atoms with van der Waals surface area (Å²) < 4.78 is 62.3. The van der Waals surface area contributed by atoms with Crippen molar-refractivity contribution in [3.05, 3.63) is 80.9 Å². The van der Waals surface area contributed by atoms with Crippen LogP contribution in [0.25, 0.3) is 15.9 Å². The molecule has 1 amide bonds. The van der Waals surface area contributed by atoms with Crippen LogP contribution in [0.15, 0.2) is 58.0 Å². The lowest BCUT2D eigenvalue weighted by Crippen LogP contribution is -2.33. The molecule has 2 fully saturated rings. The molecule has 1 aromatic carbocycles. The number of phosphoric ester groups is 1. The fourth-order valence-corrected chi connectivity index (χ4v) is 8.15. The molecule has 0 saturated carbocycles. The summed E-state index contributed by atoms with van der Waals surface area (Å²) in [5.74, 6) is -0.220. The number of alkyl halides is 1. The maximum atomic E-state index is 15.3. The van der Waals surface area contributed by atoms with Crippen LogP contribution >= 0.6 is 19.4 Å². The number of H-pyrrole nitrogens is 1. The first kappa shape index (κ1) is 35.9. The van der Waals surface area contributed by atoms with Crippen molar-refractivity contribution in [2.24, 2.45) is 10.2 Å². The molecule has 7 rings (SSSR count). The molecule has 52 heavy (non-hydrogen) atoms. The molecule has 272 valence electrons. The molecule has 0 bridgehead atoms. The van der Waals surface area contributed by atoms with Crippen molar-refractivity contribution in [3.63, 3.8) is 0 Å². The quantitative estimate of drug-likeness (QED) is 0.0870. The minimum atomic E-state index is -4.59. The van der Waals surface area contributed by atoms with Gasteiger partial charge in [-0.15, -0.1) is 5.11 Å². The molecule has 19 nitrogen and oxygen atoms in total. The fourth-order valence-electron chi connectivity index (χ4n) is 5.90. The third-order valence-corrected chi connectivity index (χ3v) is 10.8. The Labute approximate surface area is 296 Å². The highest BCUT2D eigenvalue weighted by Crippen LogP contribution is 2.54. The lowest BCUT2D eigenvalue weighted by Gasteiger charge is -2.24. The maximum Gasteiger partial charge on any atom is 0.475 e. The highest BCUT2D eigenvalue weighted by molar-refractivity contribution is 7.48. The summed E-state index contributed by atoms with van der Waals surface area (Å²) >= 11 is 1.03. The Morgan fingerprint density at radius 2 is 2.00 bits per heavy atom. The summed E-state index contributed by atoms with van der Waals surface area (Å²) in [7, 11) is -4.59. The number of fused-ring (bicyclic) bond motifs is 2. The monoisotopic (exact) mass is 757 g/mol. The van der Waals surface area contributed by atoms with E-state index in [9.17, 15) is 24.4 Å². The van der Waals surface area contributed by atoms with E-state index in [2.05, 4.69) is 44.7 Å². The van der Waals surface area contributed by atoms with Gasteiger partial charge >= 0.3 is 7.82 Å². The molecule has 0 aliphatic carbocycles. The van der Waals surface area contributed by atoms with Crippen molar-refractivity contribution in [2.45, 2.75) is 55.3 Å². The number of rotatable bonds is 13. The number of carbonyl (C=O) groups excluding carboxylic acids is 1. The molecule has 6 heterocycles. The molecular formula is C30H29FN9O10PS. The number of hydrogen-bond donors (Lipinski definition) is 4. The summed E-state index contributed by atoms with van der Waals surface area (Å²) in [4.78, 5) is 43.4. The molecule has 9 atom stereocenters. The van der Waals surface area contributed by atoms with E-state index in [1.807, 2.05) is 0 Å². The van der Waals surface area contributed by atoms with Crippen molar-refractivity contribution in [1.29, 1.82) is 0 Å². The van der Waals surface area contributed by atoms with Crippen molar-refractivity contribution in [2.75, 3.05) is 31.7 Å². The van der Waals surface area contributed by atoms with Gasteiger partial charge in [-0.05, 0) is 23.7 Å². The van der Waals surface area contributed by atoms with E-state index in [4.69, 9.17) is 29.6 Å². The molecule has 3 aliphatic heterocycles. The van der Waals surface area contributed by atoms with Gasteiger partial charge in [0, 0.05) is 12.0 Å². The fraction of sp³-hybridized carbons (Fsp3) is 0.433. The standard InChI is InChI=1S/C30H29FN9O10PS/c1-32-7-8-46-51(45,47-11-18-25(42)19(31)26(49-18)21-20-24(39-38-21)30(44)36-13-33-20)50-15-9-16(48-17(15)10-41)27-22-23(40-52-27)28(35-12-34-22)37-29(43)14-5-3-2-4-6-14/h2-6,12-13,15-19,21,25-26,41-42H,7-11H2,(H,33,36,44)(H,34,35,37,43)/t15-,16+,17+,18+,19+,21?,25+,26+,51?/m0/s1. The number of halogens is 1. The number of aromatic amines is 1. The molecule has 3 aliphatic rings. The number of aliphatic hydroxyl groups excluding tert-OH is 2. The van der Waals surface area contributed by atoms with Gasteiger partial charge in [0.25, 0.3) is 11.5 Å². The van der Waals surface area contributed by atoms with Crippen LogP contribution < -0.4 is 10.9 Å². The van der Waals surface area contributed by atoms with Crippen molar-refractivity contribution in [1.82, 2.24) is 24.3 Å². The summed E-state index contributed by atoms with van der Waals surface area (Å²) in [6.07, 6.45) is -7.05. The van der Waals surface area contributed by atoms with E-state index in [1.165, 1.54) is 6.33 Å². The van der Waals surface area contributed by atoms with Gasteiger partial charge in [-0.3, -0.25) is 23.2 Å². The number of carbonyl (C=O) groups is 1. The average molecular weight is 758 g/mol. The van der Waals surface area contributed by atoms with Gasteiger partial charge < -0.3 is 34.8 Å². The first-order valence-electron chi connectivity index (χ1n) is 15.8. The normalized spacial score (nSPS) is 27.7. The minimum Gasteiger partial charge on any atom is -0.394 e. The second-order valence-electron chi connectivity index (χ2n) is 11.7. The topological polar surface area (TPSA) is 246 Å². The molecule has 4 aromatic rings. The number of benzene rings is 1. The smallest absolute Gasteiger partial charge is 0.394 e. The molecule has 2 saturated heterocycles. The van der Waals surface area contributed by atoms with E-state index < -0.39 is 81.3 Å². The number of aliphatic hydroxyl groups is 2. The van der Waals surface area contributed by atoms with Crippen LogP contribution in [0.4, 0.5) is 15.9 Å². The highest BCUT2D eigenvalue weighted by atomic mass is 32.1. The first-order valence-corrected chi connectivity index (χ1v) is 18.0. The largest absolute Gasteiger partial charge is 0.475 e. The predicted molar refractivity (Wildman–Crippen MR) is 176 cm³/mol.